The van der Waals surface area contributed by atoms with Crippen molar-refractivity contribution in [3.05, 3.63) is 63.2 Å². The molecule has 2 rings (SSSR count). The van der Waals surface area contributed by atoms with Crippen LogP contribution < -0.4 is 4.74 Å². The molecule has 0 heterocycles. The lowest BCUT2D eigenvalue weighted by Crippen LogP contribution is -2.02. The molecule has 0 amide bonds. The van der Waals surface area contributed by atoms with Crippen LogP contribution in [0.15, 0.2) is 54.1 Å². The van der Waals surface area contributed by atoms with Crippen LogP contribution in [0.2, 0.25) is 0 Å². The zero-order valence-corrected chi connectivity index (χ0v) is 13.9. The van der Waals surface area contributed by atoms with Crippen molar-refractivity contribution in [3.63, 3.8) is 0 Å². The number of para-hydroxylation sites is 1. The third-order valence-electron chi connectivity index (χ3n) is 2.76. The summed E-state index contributed by atoms with van der Waals surface area (Å²) in [4.78, 5) is 11.4. The van der Waals surface area contributed by atoms with Gasteiger partial charge in [0.05, 0.1) is 10.7 Å². The number of nitrogens with zero attached hydrogens (tertiary/aromatic N) is 1. The molecule has 22 heavy (non-hydrogen) atoms. The topological polar surface area (TPSA) is 59.3 Å². The Morgan fingerprint density at radius 2 is 1.95 bits per heavy atom. The molecule has 0 spiro atoms. The van der Waals surface area contributed by atoms with Gasteiger partial charge in [-0.1, -0.05) is 24.3 Å². The van der Waals surface area contributed by atoms with Gasteiger partial charge in [-0.15, -0.1) is 0 Å². The van der Waals surface area contributed by atoms with E-state index in [1.165, 1.54) is 13.2 Å². The average molecular weight is 405 g/mol. The minimum atomic E-state index is -0.651. The molecule has 0 saturated heterocycles. The highest BCUT2D eigenvalue weighted by molar-refractivity contribution is 14.1. The Kier molecular flexibility index (Phi) is 5.55. The van der Waals surface area contributed by atoms with Gasteiger partial charge in [-0.3, -0.25) is 0 Å². The third kappa shape index (κ3) is 4.09. The van der Waals surface area contributed by atoms with E-state index in [1.807, 2.05) is 42.5 Å². The Labute approximate surface area is 142 Å². The maximum Gasteiger partial charge on any atom is 0.348 e. The summed E-state index contributed by atoms with van der Waals surface area (Å²) in [6.07, 6.45) is 1.49. The standard InChI is InChI=1S/C17H12INO3/c1-21-17(20)13(11-19)9-12-7-8-16(15(18)10-12)22-14-5-3-2-4-6-14/h2-10H,1H3/b13-9+. The highest BCUT2D eigenvalue weighted by atomic mass is 127. The Hall–Kier alpha value is -2.33. The van der Waals surface area contributed by atoms with Gasteiger partial charge < -0.3 is 9.47 Å². The predicted molar refractivity (Wildman–Crippen MR) is 91.3 cm³/mol. The van der Waals surface area contributed by atoms with Crippen molar-refractivity contribution in [1.82, 2.24) is 0 Å². The number of rotatable bonds is 4. The summed E-state index contributed by atoms with van der Waals surface area (Å²) in [6.45, 7) is 0. The molecule has 0 aliphatic rings. The van der Waals surface area contributed by atoms with Gasteiger partial charge in [0.25, 0.3) is 0 Å². The molecule has 4 nitrogen and oxygen atoms in total. The van der Waals surface area contributed by atoms with Crippen molar-refractivity contribution in [2.45, 2.75) is 0 Å². The fourth-order valence-corrected chi connectivity index (χ4v) is 2.37. The van der Waals surface area contributed by atoms with Crippen molar-refractivity contribution in [2.75, 3.05) is 7.11 Å². The Balaban J connectivity index is 2.25. The molecule has 110 valence electrons. The molecule has 0 N–H and O–H groups in total. The molecule has 0 aromatic heterocycles. The number of esters is 1. The molecule has 0 bridgehead atoms. The van der Waals surface area contributed by atoms with Gasteiger partial charge in [0.2, 0.25) is 0 Å². The highest BCUT2D eigenvalue weighted by Crippen LogP contribution is 2.28. The number of ether oxygens (including phenoxy) is 2. The number of carbonyl (C=O) groups excluding carboxylic acids is 1. The molecular formula is C17H12INO3. The maximum atomic E-state index is 11.4. The molecule has 0 aliphatic heterocycles. The quantitative estimate of drug-likeness (QED) is 0.332. The van der Waals surface area contributed by atoms with Crippen LogP contribution in [-0.4, -0.2) is 13.1 Å². The lowest BCUT2D eigenvalue weighted by Gasteiger charge is -2.08. The molecule has 2 aromatic carbocycles. The second-order valence-electron chi connectivity index (χ2n) is 4.27. The van der Waals surface area contributed by atoms with Crippen molar-refractivity contribution < 1.29 is 14.3 Å². The van der Waals surface area contributed by atoms with Gasteiger partial charge >= 0.3 is 5.97 Å². The molecule has 0 radical (unpaired) electrons. The first-order valence-electron chi connectivity index (χ1n) is 6.36. The summed E-state index contributed by atoms with van der Waals surface area (Å²) in [5.74, 6) is 0.804. The average Bonchev–Trinajstić information content (AvgIpc) is 2.55. The van der Waals surface area contributed by atoms with Crippen LogP contribution in [0.5, 0.6) is 11.5 Å². The fraction of sp³-hybridized carbons (Fsp3) is 0.0588. The van der Waals surface area contributed by atoms with E-state index < -0.39 is 5.97 Å². The van der Waals surface area contributed by atoms with Gasteiger partial charge in [0, 0.05) is 0 Å². The molecule has 0 aliphatic carbocycles. The number of carbonyl (C=O) groups is 1. The third-order valence-corrected chi connectivity index (χ3v) is 3.61. The van der Waals surface area contributed by atoms with E-state index in [-0.39, 0.29) is 5.57 Å². The van der Waals surface area contributed by atoms with Gasteiger partial charge in [-0.25, -0.2) is 4.79 Å². The van der Waals surface area contributed by atoms with Crippen LogP contribution in [0.25, 0.3) is 6.08 Å². The summed E-state index contributed by atoms with van der Waals surface area (Å²) in [5.41, 5.74) is 0.682. The summed E-state index contributed by atoms with van der Waals surface area (Å²) in [5, 5.41) is 8.96. The van der Waals surface area contributed by atoms with Crippen molar-refractivity contribution in [2.24, 2.45) is 0 Å². The molecule has 0 saturated carbocycles. The molecule has 0 atom stereocenters. The smallest absolute Gasteiger partial charge is 0.348 e. The first-order valence-corrected chi connectivity index (χ1v) is 7.44. The summed E-state index contributed by atoms with van der Waals surface area (Å²) in [6, 6.07) is 16.7. The van der Waals surface area contributed by atoms with Crippen LogP contribution in [0.3, 0.4) is 0 Å². The maximum absolute atomic E-state index is 11.4. The van der Waals surface area contributed by atoms with Gasteiger partial charge in [-0.05, 0) is 58.5 Å². The largest absolute Gasteiger partial charge is 0.465 e. The van der Waals surface area contributed by atoms with Crippen LogP contribution >= 0.6 is 22.6 Å². The van der Waals surface area contributed by atoms with Crippen LogP contribution in [0.1, 0.15) is 5.56 Å². The van der Waals surface area contributed by atoms with Crippen molar-refractivity contribution in [3.8, 4) is 17.6 Å². The minimum absolute atomic E-state index is 0.0463. The number of hydrogen-bond donors (Lipinski definition) is 0. The van der Waals surface area contributed by atoms with Crippen molar-refractivity contribution >= 4 is 34.6 Å². The first kappa shape index (κ1) is 16.0. The van der Waals surface area contributed by atoms with E-state index in [9.17, 15) is 4.79 Å². The van der Waals surface area contributed by atoms with E-state index in [2.05, 4.69) is 27.3 Å². The minimum Gasteiger partial charge on any atom is -0.465 e. The predicted octanol–water partition coefficient (Wildman–Crippen LogP) is 4.16. The van der Waals surface area contributed by atoms with Crippen LogP contribution in [0.4, 0.5) is 0 Å². The Morgan fingerprint density at radius 1 is 1.23 bits per heavy atom. The van der Waals surface area contributed by atoms with Crippen LogP contribution in [-0.2, 0) is 9.53 Å². The van der Waals surface area contributed by atoms with Gasteiger partial charge in [-0.2, -0.15) is 5.26 Å². The van der Waals surface area contributed by atoms with Gasteiger partial charge in [0.15, 0.2) is 0 Å². The molecule has 5 heteroatoms. The van der Waals surface area contributed by atoms with Gasteiger partial charge in [0.1, 0.15) is 23.1 Å². The lowest BCUT2D eigenvalue weighted by atomic mass is 10.1. The highest BCUT2D eigenvalue weighted by Gasteiger charge is 2.09. The molecule has 2 aromatic rings. The van der Waals surface area contributed by atoms with E-state index >= 15 is 0 Å². The van der Waals surface area contributed by atoms with E-state index in [1.54, 1.807) is 12.1 Å². The molecule has 0 fully saturated rings. The second kappa shape index (κ2) is 7.61. The SMILES string of the molecule is COC(=O)/C(C#N)=C/c1ccc(Oc2ccccc2)c(I)c1. The summed E-state index contributed by atoms with van der Waals surface area (Å²) < 4.78 is 11.2. The van der Waals surface area contributed by atoms with Crippen molar-refractivity contribution in [1.29, 1.82) is 5.26 Å². The Morgan fingerprint density at radius 3 is 2.55 bits per heavy atom. The molecule has 0 unspecified atom stereocenters. The lowest BCUT2D eigenvalue weighted by molar-refractivity contribution is -0.135. The fourth-order valence-electron chi connectivity index (χ4n) is 1.72. The zero-order valence-electron chi connectivity index (χ0n) is 11.7. The summed E-state index contributed by atoms with van der Waals surface area (Å²) >= 11 is 2.14. The number of hydrogen-bond acceptors (Lipinski definition) is 4. The number of methoxy groups -OCH3 is 1. The first-order chi connectivity index (χ1) is 10.6. The zero-order chi connectivity index (χ0) is 15.9. The van der Waals surface area contributed by atoms with E-state index in [0.717, 1.165) is 14.9 Å². The number of benzene rings is 2. The van der Waals surface area contributed by atoms with E-state index in [4.69, 9.17) is 10.00 Å². The monoisotopic (exact) mass is 405 g/mol. The van der Waals surface area contributed by atoms with E-state index in [0.29, 0.717) is 5.75 Å². The molecular weight excluding hydrogens is 393 g/mol. The normalized spacial score (nSPS) is 10.7. The second-order valence-corrected chi connectivity index (χ2v) is 5.43. The Bertz CT molecular complexity index is 748. The number of halogens is 1. The van der Waals surface area contributed by atoms with Crippen LogP contribution in [0, 0.1) is 14.9 Å². The summed E-state index contributed by atoms with van der Waals surface area (Å²) in [7, 11) is 1.24. The number of nitriles is 1.